The normalized spacial score (nSPS) is 25.3. The lowest BCUT2D eigenvalue weighted by Crippen LogP contribution is -2.55. The third-order valence-electron chi connectivity index (χ3n) is 5.96. The van der Waals surface area contributed by atoms with Gasteiger partial charge in [0, 0.05) is 45.0 Å². The molecular formula is C22H34N4O2. The second-order valence-electron chi connectivity index (χ2n) is 8.59. The quantitative estimate of drug-likeness (QED) is 0.842. The van der Waals surface area contributed by atoms with Gasteiger partial charge >= 0.3 is 0 Å². The molecule has 0 aromatic heterocycles. The van der Waals surface area contributed by atoms with Crippen LogP contribution >= 0.6 is 0 Å². The van der Waals surface area contributed by atoms with Gasteiger partial charge in [0.25, 0.3) is 0 Å². The summed E-state index contributed by atoms with van der Waals surface area (Å²) in [5.74, 6) is 1.45. The Labute approximate surface area is 168 Å². The predicted octanol–water partition coefficient (Wildman–Crippen LogP) is 2.14. The first-order valence-electron chi connectivity index (χ1n) is 10.5. The van der Waals surface area contributed by atoms with E-state index in [-0.39, 0.29) is 17.9 Å². The third-order valence-corrected chi connectivity index (χ3v) is 5.96. The molecule has 2 heterocycles. The van der Waals surface area contributed by atoms with Crippen molar-refractivity contribution in [3.8, 4) is 0 Å². The average Bonchev–Trinajstić information content (AvgIpc) is 2.68. The number of hydrogen-bond acceptors (Lipinski definition) is 4. The van der Waals surface area contributed by atoms with Crippen molar-refractivity contribution >= 4 is 17.5 Å². The van der Waals surface area contributed by atoms with Gasteiger partial charge in [0.15, 0.2) is 0 Å². The monoisotopic (exact) mass is 386 g/mol. The molecule has 1 N–H and O–H groups in total. The molecule has 2 amide bonds. The number of nitrogens with one attached hydrogen (secondary N) is 1. The Balaban J connectivity index is 1.43. The maximum Gasteiger partial charge on any atom is 0.241 e. The van der Waals surface area contributed by atoms with Crippen molar-refractivity contribution in [3.05, 3.63) is 30.3 Å². The van der Waals surface area contributed by atoms with Crippen LogP contribution in [0.4, 0.5) is 5.69 Å². The molecule has 0 unspecified atom stereocenters. The number of piperidine rings is 1. The molecule has 1 aromatic carbocycles. The van der Waals surface area contributed by atoms with Gasteiger partial charge in [-0.05, 0) is 37.3 Å². The SMILES string of the molecule is C[C@@H]1C[C@H](C)CN(C(=O)CN2CCN([C@H](C)C(=O)Nc3ccccc3)CC2)C1. The summed E-state index contributed by atoms with van der Waals surface area (Å²) in [6, 6.07) is 9.39. The van der Waals surface area contributed by atoms with Crippen LogP contribution in [0.25, 0.3) is 0 Å². The third kappa shape index (κ3) is 5.55. The Hall–Kier alpha value is -1.92. The Bertz CT molecular complexity index is 648. The Morgan fingerprint density at radius 1 is 1.04 bits per heavy atom. The molecule has 28 heavy (non-hydrogen) atoms. The molecule has 2 aliphatic rings. The van der Waals surface area contributed by atoms with E-state index >= 15 is 0 Å². The van der Waals surface area contributed by atoms with Gasteiger partial charge in [0.2, 0.25) is 11.8 Å². The van der Waals surface area contributed by atoms with E-state index in [2.05, 4.69) is 29.0 Å². The van der Waals surface area contributed by atoms with Gasteiger partial charge in [-0.2, -0.15) is 0 Å². The molecule has 0 bridgehead atoms. The van der Waals surface area contributed by atoms with Crippen LogP contribution in [0.2, 0.25) is 0 Å². The van der Waals surface area contributed by atoms with Crippen LogP contribution in [-0.4, -0.2) is 78.4 Å². The molecule has 3 atom stereocenters. The fraction of sp³-hybridized carbons (Fsp3) is 0.636. The maximum atomic E-state index is 12.7. The zero-order valence-corrected chi connectivity index (χ0v) is 17.4. The van der Waals surface area contributed by atoms with Crippen LogP contribution in [0.5, 0.6) is 0 Å². The first-order valence-corrected chi connectivity index (χ1v) is 10.5. The van der Waals surface area contributed by atoms with Crippen molar-refractivity contribution in [1.82, 2.24) is 14.7 Å². The van der Waals surface area contributed by atoms with Crippen LogP contribution in [0.1, 0.15) is 27.2 Å². The number of hydrogen-bond donors (Lipinski definition) is 1. The lowest BCUT2D eigenvalue weighted by Gasteiger charge is -2.39. The first kappa shape index (κ1) is 20.8. The predicted molar refractivity (Wildman–Crippen MR) is 112 cm³/mol. The van der Waals surface area contributed by atoms with E-state index in [0.717, 1.165) is 45.0 Å². The lowest BCUT2D eigenvalue weighted by atomic mass is 9.92. The number of para-hydroxylation sites is 1. The summed E-state index contributed by atoms with van der Waals surface area (Å²) in [5, 5.41) is 2.98. The number of likely N-dealkylation sites (tertiary alicyclic amines) is 1. The van der Waals surface area contributed by atoms with Gasteiger partial charge < -0.3 is 10.2 Å². The van der Waals surface area contributed by atoms with Crippen LogP contribution in [-0.2, 0) is 9.59 Å². The summed E-state index contributed by atoms with van der Waals surface area (Å²) < 4.78 is 0. The van der Waals surface area contributed by atoms with Gasteiger partial charge in [-0.3, -0.25) is 19.4 Å². The van der Waals surface area contributed by atoms with Crippen LogP contribution < -0.4 is 5.32 Å². The fourth-order valence-electron chi connectivity index (χ4n) is 4.40. The number of piperazine rings is 1. The van der Waals surface area contributed by atoms with Crippen LogP contribution in [0.3, 0.4) is 0 Å². The Morgan fingerprint density at radius 3 is 2.25 bits per heavy atom. The van der Waals surface area contributed by atoms with Crippen molar-refractivity contribution < 1.29 is 9.59 Å². The minimum atomic E-state index is -0.179. The van der Waals surface area contributed by atoms with E-state index in [1.807, 2.05) is 42.2 Å². The smallest absolute Gasteiger partial charge is 0.241 e. The van der Waals surface area contributed by atoms with Crippen LogP contribution in [0, 0.1) is 11.8 Å². The second kappa shape index (κ2) is 9.52. The molecule has 2 saturated heterocycles. The number of nitrogens with zero attached hydrogens (tertiary/aromatic N) is 3. The molecule has 0 radical (unpaired) electrons. The zero-order valence-electron chi connectivity index (χ0n) is 17.4. The summed E-state index contributed by atoms with van der Waals surface area (Å²) >= 11 is 0. The van der Waals surface area contributed by atoms with E-state index < -0.39 is 0 Å². The molecule has 0 aliphatic carbocycles. The standard InChI is InChI=1S/C22H34N4O2/c1-17-13-18(2)15-26(14-17)21(27)16-24-9-11-25(12-10-24)19(3)22(28)23-20-7-5-4-6-8-20/h4-8,17-19H,9-16H2,1-3H3,(H,23,28)/t17-,18+,19-/m1/s1. The number of carbonyl (C=O) groups excluding carboxylic acids is 2. The van der Waals surface area contributed by atoms with E-state index in [1.54, 1.807) is 0 Å². The summed E-state index contributed by atoms with van der Waals surface area (Å²) in [5.41, 5.74) is 0.827. The van der Waals surface area contributed by atoms with E-state index in [9.17, 15) is 9.59 Å². The number of anilines is 1. The fourth-order valence-corrected chi connectivity index (χ4v) is 4.40. The first-order chi connectivity index (χ1) is 13.4. The zero-order chi connectivity index (χ0) is 20.1. The highest BCUT2D eigenvalue weighted by Crippen LogP contribution is 2.21. The molecule has 0 spiro atoms. The number of benzene rings is 1. The Kier molecular flexibility index (Phi) is 7.08. The van der Waals surface area contributed by atoms with Crippen molar-refractivity contribution in [3.63, 3.8) is 0 Å². The number of amides is 2. The second-order valence-corrected chi connectivity index (χ2v) is 8.59. The molecule has 154 valence electrons. The highest BCUT2D eigenvalue weighted by atomic mass is 16.2. The van der Waals surface area contributed by atoms with E-state index in [4.69, 9.17) is 0 Å². The molecule has 3 rings (SSSR count). The molecule has 2 fully saturated rings. The molecule has 1 aromatic rings. The number of rotatable bonds is 5. The minimum absolute atomic E-state index is 0.0204. The topological polar surface area (TPSA) is 55.9 Å². The van der Waals surface area contributed by atoms with Gasteiger partial charge in [-0.1, -0.05) is 32.0 Å². The van der Waals surface area contributed by atoms with Gasteiger partial charge in [0.1, 0.15) is 0 Å². The van der Waals surface area contributed by atoms with Crippen LogP contribution in [0.15, 0.2) is 30.3 Å². The molecule has 0 saturated carbocycles. The largest absolute Gasteiger partial charge is 0.341 e. The summed E-state index contributed by atoms with van der Waals surface area (Å²) in [6.07, 6.45) is 1.21. The summed E-state index contributed by atoms with van der Waals surface area (Å²) in [6.45, 7) is 12.0. The van der Waals surface area contributed by atoms with Crippen molar-refractivity contribution in [1.29, 1.82) is 0 Å². The van der Waals surface area contributed by atoms with Gasteiger partial charge in [-0.25, -0.2) is 0 Å². The highest BCUT2D eigenvalue weighted by Gasteiger charge is 2.29. The summed E-state index contributed by atoms with van der Waals surface area (Å²) in [4.78, 5) is 31.7. The van der Waals surface area contributed by atoms with Crippen molar-refractivity contribution in [2.24, 2.45) is 11.8 Å². The lowest BCUT2D eigenvalue weighted by molar-refractivity contribution is -0.136. The molecule has 2 aliphatic heterocycles. The van der Waals surface area contributed by atoms with E-state index in [1.165, 1.54) is 6.42 Å². The van der Waals surface area contributed by atoms with Crippen molar-refractivity contribution in [2.45, 2.75) is 33.2 Å². The minimum Gasteiger partial charge on any atom is -0.341 e. The summed E-state index contributed by atoms with van der Waals surface area (Å²) in [7, 11) is 0. The maximum absolute atomic E-state index is 12.7. The molecule has 6 nitrogen and oxygen atoms in total. The van der Waals surface area contributed by atoms with E-state index in [0.29, 0.717) is 18.4 Å². The average molecular weight is 387 g/mol. The molecule has 6 heteroatoms. The number of carbonyl (C=O) groups is 2. The Morgan fingerprint density at radius 2 is 1.64 bits per heavy atom. The van der Waals surface area contributed by atoms with Gasteiger partial charge in [-0.15, -0.1) is 0 Å². The van der Waals surface area contributed by atoms with Crippen molar-refractivity contribution in [2.75, 3.05) is 51.1 Å². The molecular weight excluding hydrogens is 352 g/mol. The van der Waals surface area contributed by atoms with Gasteiger partial charge in [0.05, 0.1) is 12.6 Å². The highest BCUT2D eigenvalue weighted by molar-refractivity contribution is 5.94.